The number of pyridine rings is 1. The van der Waals surface area contributed by atoms with Crippen molar-refractivity contribution < 1.29 is 18.3 Å². The van der Waals surface area contributed by atoms with Gasteiger partial charge in [-0.15, -0.1) is 0 Å². The van der Waals surface area contributed by atoms with Crippen molar-refractivity contribution in [1.29, 1.82) is 0 Å². The lowest BCUT2D eigenvalue weighted by molar-refractivity contribution is -0.137. The molecule has 20 heavy (non-hydrogen) atoms. The van der Waals surface area contributed by atoms with Crippen LogP contribution in [-0.4, -0.2) is 42.4 Å². The second kappa shape index (κ2) is 5.18. The van der Waals surface area contributed by atoms with E-state index in [2.05, 4.69) is 4.98 Å². The zero-order valence-electron chi connectivity index (χ0n) is 11.1. The van der Waals surface area contributed by atoms with E-state index in [9.17, 15) is 13.2 Å². The number of aryl methyl sites for hydroxylation is 1. The predicted molar refractivity (Wildman–Crippen MR) is 73.9 cm³/mol. The molecule has 1 N–H and O–H groups in total. The van der Waals surface area contributed by atoms with Crippen molar-refractivity contribution in [3.05, 3.63) is 36.0 Å². The Labute approximate surface area is 116 Å². The number of carboxylic acid groups (broad SMARTS) is 1. The molecule has 0 saturated heterocycles. The van der Waals surface area contributed by atoms with E-state index in [0.717, 1.165) is 9.87 Å². The van der Waals surface area contributed by atoms with Gasteiger partial charge in [0, 0.05) is 18.6 Å². The molecule has 106 valence electrons. The van der Waals surface area contributed by atoms with E-state index in [1.807, 2.05) is 6.92 Å². The van der Waals surface area contributed by atoms with Gasteiger partial charge in [0.2, 0.25) is 10.0 Å². The highest BCUT2D eigenvalue weighted by Gasteiger charge is 2.25. The average Bonchev–Trinajstić information content (AvgIpc) is 2.38. The molecule has 1 aromatic heterocycles. The van der Waals surface area contributed by atoms with Crippen LogP contribution in [-0.2, 0) is 14.8 Å². The molecule has 0 radical (unpaired) electrons. The third-order valence-electron chi connectivity index (χ3n) is 2.98. The van der Waals surface area contributed by atoms with Crippen molar-refractivity contribution >= 4 is 26.9 Å². The summed E-state index contributed by atoms with van der Waals surface area (Å²) < 4.78 is 25.7. The molecule has 6 nitrogen and oxygen atoms in total. The van der Waals surface area contributed by atoms with E-state index in [1.54, 1.807) is 24.4 Å². The van der Waals surface area contributed by atoms with Crippen molar-refractivity contribution in [2.75, 3.05) is 13.6 Å². The van der Waals surface area contributed by atoms with Crippen LogP contribution in [0.15, 0.2) is 35.4 Å². The lowest BCUT2D eigenvalue weighted by Gasteiger charge is -2.16. The summed E-state index contributed by atoms with van der Waals surface area (Å²) in [5, 5.41) is 9.22. The van der Waals surface area contributed by atoms with Gasteiger partial charge in [0.15, 0.2) is 0 Å². The summed E-state index contributed by atoms with van der Waals surface area (Å²) in [6.45, 7) is 1.25. The minimum Gasteiger partial charge on any atom is -0.480 e. The largest absolute Gasteiger partial charge is 0.480 e. The smallest absolute Gasteiger partial charge is 0.318 e. The molecule has 0 aliphatic rings. The quantitative estimate of drug-likeness (QED) is 0.917. The number of carboxylic acids is 1. The van der Waals surface area contributed by atoms with Crippen molar-refractivity contribution in [1.82, 2.24) is 9.29 Å². The van der Waals surface area contributed by atoms with Crippen molar-refractivity contribution in [2.45, 2.75) is 11.8 Å². The summed E-state index contributed by atoms with van der Waals surface area (Å²) in [4.78, 5) is 14.9. The van der Waals surface area contributed by atoms with Gasteiger partial charge in [-0.05, 0) is 30.7 Å². The molecule has 0 aliphatic heterocycles. The van der Waals surface area contributed by atoms with Crippen LogP contribution in [0.1, 0.15) is 5.56 Å². The molecule has 0 amide bonds. The number of aliphatic carboxylic acids is 1. The van der Waals surface area contributed by atoms with Crippen molar-refractivity contribution in [2.24, 2.45) is 0 Å². The molecule has 2 rings (SSSR count). The fourth-order valence-corrected chi connectivity index (χ4v) is 3.25. The maximum Gasteiger partial charge on any atom is 0.318 e. The van der Waals surface area contributed by atoms with Gasteiger partial charge in [-0.1, -0.05) is 6.07 Å². The second-order valence-corrected chi connectivity index (χ2v) is 6.45. The van der Waals surface area contributed by atoms with Gasteiger partial charge in [-0.3, -0.25) is 9.78 Å². The summed E-state index contributed by atoms with van der Waals surface area (Å²) in [6.07, 6.45) is 1.59. The van der Waals surface area contributed by atoms with E-state index < -0.39 is 22.5 Å². The van der Waals surface area contributed by atoms with Crippen molar-refractivity contribution in [3.63, 3.8) is 0 Å². The van der Waals surface area contributed by atoms with E-state index in [1.165, 1.54) is 13.1 Å². The third-order valence-corrected chi connectivity index (χ3v) is 4.84. The molecule has 0 unspecified atom stereocenters. The number of benzene rings is 1. The lowest BCUT2D eigenvalue weighted by atomic mass is 10.1. The number of rotatable bonds is 4. The van der Waals surface area contributed by atoms with Crippen LogP contribution < -0.4 is 0 Å². The Hall–Kier alpha value is -1.99. The molecule has 0 spiro atoms. The van der Waals surface area contributed by atoms with E-state index in [4.69, 9.17) is 5.11 Å². The summed E-state index contributed by atoms with van der Waals surface area (Å²) in [5.41, 5.74) is 1.46. The third kappa shape index (κ3) is 2.50. The molecule has 1 aromatic carbocycles. The molecular formula is C13H14N2O4S. The number of hydrogen-bond donors (Lipinski definition) is 1. The van der Waals surface area contributed by atoms with Crippen molar-refractivity contribution in [3.8, 4) is 0 Å². The Balaban J connectivity index is 2.64. The summed E-state index contributed by atoms with van der Waals surface area (Å²) in [7, 11) is -2.62. The average molecular weight is 294 g/mol. The first kappa shape index (κ1) is 14.4. The fourth-order valence-electron chi connectivity index (χ4n) is 1.96. The fraction of sp³-hybridized carbons (Fsp3) is 0.231. The number of likely N-dealkylation sites (N-methyl/N-ethyl adjacent to an activating group) is 1. The van der Waals surface area contributed by atoms with Gasteiger partial charge >= 0.3 is 5.97 Å². The summed E-state index contributed by atoms with van der Waals surface area (Å²) in [5.74, 6) is -1.20. The second-order valence-electron chi connectivity index (χ2n) is 4.43. The van der Waals surface area contributed by atoms with Gasteiger partial charge in [0.05, 0.1) is 10.4 Å². The number of nitrogens with zero attached hydrogens (tertiary/aromatic N) is 2. The lowest BCUT2D eigenvalue weighted by Crippen LogP contribution is -2.32. The number of sulfonamides is 1. The topological polar surface area (TPSA) is 87.6 Å². The first-order valence-electron chi connectivity index (χ1n) is 5.86. The first-order valence-corrected chi connectivity index (χ1v) is 7.30. The number of carbonyl (C=O) groups is 1. The minimum atomic E-state index is -3.86. The monoisotopic (exact) mass is 294 g/mol. The van der Waals surface area contributed by atoms with E-state index in [0.29, 0.717) is 10.9 Å². The molecule has 1 heterocycles. The maximum absolute atomic E-state index is 12.4. The summed E-state index contributed by atoms with van der Waals surface area (Å²) in [6, 6.07) is 6.46. The first-order chi connectivity index (χ1) is 9.34. The van der Waals surface area contributed by atoms with Gasteiger partial charge < -0.3 is 5.11 Å². The van der Waals surface area contributed by atoms with Crippen LogP contribution in [0, 0.1) is 6.92 Å². The van der Waals surface area contributed by atoms with Crippen LogP contribution >= 0.6 is 0 Å². The molecular weight excluding hydrogens is 280 g/mol. The van der Waals surface area contributed by atoms with Crippen LogP contribution in [0.5, 0.6) is 0 Å². The Morgan fingerprint density at radius 1 is 1.35 bits per heavy atom. The molecule has 7 heteroatoms. The van der Waals surface area contributed by atoms with Gasteiger partial charge in [0.25, 0.3) is 0 Å². The predicted octanol–water partition coefficient (Wildman–Crippen LogP) is 1.25. The molecule has 0 bridgehead atoms. The summed E-state index contributed by atoms with van der Waals surface area (Å²) >= 11 is 0. The minimum absolute atomic E-state index is 0.0648. The van der Waals surface area contributed by atoms with Crippen LogP contribution in [0.25, 0.3) is 10.9 Å². The number of fused-ring (bicyclic) bond motifs is 1. The molecule has 0 atom stereocenters. The number of hydrogen-bond acceptors (Lipinski definition) is 4. The Bertz CT molecular complexity index is 771. The van der Waals surface area contributed by atoms with Crippen LogP contribution in [0.2, 0.25) is 0 Å². The highest BCUT2D eigenvalue weighted by atomic mass is 32.2. The highest BCUT2D eigenvalue weighted by Crippen LogP contribution is 2.26. The number of aromatic nitrogens is 1. The molecule has 2 aromatic rings. The SMILES string of the molecule is Cc1ccc(S(=O)(=O)N(C)CC(=O)O)c2cccnc12. The Kier molecular flexibility index (Phi) is 3.74. The zero-order chi connectivity index (χ0) is 14.9. The van der Waals surface area contributed by atoms with Crippen LogP contribution in [0.3, 0.4) is 0 Å². The van der Waals surface area contributed by atoms with E-state index in [-0.39, 0.29) is 4.90 Å². The van der Waals surface area contributed by atoms with Gasteiger partial charge in [-0.25, -0.2) is 8.42 Å². The van der Waals surface area contributed by atoms with E-state index >= 15 is 0 Å². The highest BCUT2D eigenvalue weighted by molar-refractivity contribution is 7.89. The molecule has 0 aliphatic carbocycles. The standard InChI is InChI=1S/C13H14N2O4S/c1-9-5-6-11(10-4-3-7-14-13(9)10)20(18,19)15(2)8-12(16)17/h3-7H,8H2,1-2H3,(H,16,17). The molecule has 0 saturated carbocycles. The van der Waals surface area contributed by atoms with Gasteiger partial charge in [-0.2, -0.15) is 4.31 Å². The molecule has 0 fully saturated rings. The van der Waals surface area contributed by atoms with Gasteiger partial charge in [0.1, 0.15) is 6.54 Å². The maximum atomic E-state index is 12.4. The Morgan fingerprint density at radius 2 is 2.05 bits per heavy atom. The van der Waals surface area contributed by atoms with Crippen LogP contribution in [0.4, 0.5) is 0 Å². The zero-order valence-corrected chi connectivity index (χ0v) is 11.9. The Morgan fingerprint density at radius 3 is 2.70 bits per heavy atom. The normalized spacial score (nSPS) is 11.9.